The minimum atomic E-state index is -4.95. The van der Waals surface area contributed by atoms with Gasteiger partial charge in [0.25, 0.3) is 0 Å². The smallest absolute Gasteiger partial charge is 0.462 e. The van der Waals surface area contributed by atoms with E-state index in [9.17, 15) is 43.2 Å². The second-order valence-electron chi connectivity index (χ2n) is 24.7. The molecule has 0 rings (SSSR count). The van der Waals surface area contributed by atoms with Gasteiger partial charge in [-0.3, -0.25) is 37.3 Å². The van der Waals surface area contributed by atoms with Crippen LogP contribution in [0.1, 0.15) is 337 Å². The summed E-state index contributed by atoms with van der Waals surface area (Å²) in [4.78, 5) is 72.1. The number of unbranched alkanes of at least 4 members (excludes halogenated alkanes) is 34. The average molecular weight is 1270 g/mol. The molecular weight excluding hydrogens is 1140 g/mol. The molecule has 4 unspecified atom stereocenters. The number of hydrogen-bond acceptors (Lipinski definition) is 15. The van der Waals surface area contributed by atoms with Crippen LogP contribution in [0.3, 0.4) is 0 Å². The van der Waals surface area contributed by atoms with E-state index >= 15 is 0 Å². The summed E-state index contributed by atoms with van der Waals surface area (Å²) >= 11 is 0. The van der Waals surface area contributed by atoms with Crippen LogP contribution in [-0.2, 0) is 65.4 Å². The van der Waals surface area contributed by atoms with Crippen LogP contribution in [0.5, 0.6) is 0 Å². The lowest BCUT2D eigenvalue weighted by atomic mass is 9.99. The Bertz CT molecular complexity index is 1690. The predicted molar refractivity (Wildman–Crippen MR) is 345 cm³/mol. The topological polar surface area (TPSA) is 237 Å². The van der Waals surface area contributed by atoms with Crippen LogP contribution in [0, 0.1) is 11.8 Å². The van der Waals surface area contributed by atoms with E-state index in [4.69, 9.17) is 37.0 Å². The molecular formula is C67H130O17P2. The van der Waals surface area contributed by atoms with Crippen molar-refractivity contribution in [2.45, 2.75) is 355 Å². The Morgan fingerprint density at radius 1 is 0.326 bits per heavy atom. The van der Waals surface area contributed by atoms with Crippen molar-refractivity contribution in [1.82, 2.24) is 0 Å². The van der Waals surface area contributed by atoms with Crippen molar-refractivity contribution in [2.24, 2.45) is 11.8 Å². The second kappa shape index (κ2) is 59.4. The average Bonchev–Trinajstić information content (AvgIpc) is 3.68. The molecule has 0 saturated heterocycles. The Morgan fingerprint density at radius 3 is 0.826 bits per heavy atom. The zero-order chi connectivity index (χ0) is 63.6. The number of rotatable bonds is 66. The maximum atomic E-state index is 13.0. The highest BCUT2D eigenvalue weighted by atomic mass is 31.2. The molecule has 0 bridgehead atoms. The van der Waals surface area contributed by atoms with Gasteiger partial charge in [-0.1, -0.05) is 286 Å². The first-order valence-electron chi connectivity index (χ1n) is 35.1. The van der Waals surface area contributed by atoms with Crippen molar-refractivity contribution in [2.75, 3.05) is 39.6 Å². The summed E-state index contributed by atoms with van der Waals surface area (Å²) in [5, 5.41) is 10.5. The quantitative estimate of drug-likeness (QED) is 0.0222. The van der Waals surface area contributed by atoms with Crippen molar-refractivity contribution in [1.29, 1.82) is 0 Å². The molecule has 0 radical (unpaired) electrons. The largest absolute Gasteiger partial charge is 0.472 e. The summed E-state index contributed by atoms with van der Waals surface area (Å²) in [6.45, 7) is 9.43. The summed E-state index contributed by atoms with van der Waals surface area (Å²) in [6, 6.07) is 0. The molecule has 0 aromatic heterocycles. The Labute approximate surface area is 524 Å². The third-order valence-corrected chi connectivity index (χ3v) is 18.1. The minimum absolute atomic E-state index is 0.104. The summed E-state index contributed by atoms with van der Waals surface area (Å²) in [5.74, 6) is -0.593. The molecule has 19 heteroatoms. The number of ether oxygens (including phenoxy) is 4. The predicted octanol–water partition coefficient (Wildman–Crippen LogP) is 18.8. The fourth-order valence-corrected chi connectivity index (χ4v) is 11.6. The van der Waals surface area contributed by atoms with E-state index in [1.165, 1.54) is 148 Å². The van der Waals surface area contributed by atoms with Crippen molar-refractivity contribution in [3.8, 4) is 0 Å². The number of phosphoric acid groups is 2. The van der Waals surface area contributed by atoms with Gasteiger partial charge in [-0.25, -0.2) is 9.13 Å². The highest BCUT2D eigenvalue weighted by molar-refractivity contribution is 7.47. The molecule has 0 aliphatic rings. The van der Waals surface area contributed by atoms with Crippen LogP contribution in [0.2, 0.25) is 0 Å². The Morgan fingerprint density at radius 2 is 0.558 bits per heavy atom. The lowest BCUT2D eigenvalue weighted by molar-refractivity contribution is -0.161. The van der Waals surface area contributed by atoms with Gasteiger partial charge in [0, 0.05) is 25.7 Å². The molecule has 7 atom stereocenters. The fraction of sp³-hybridized carbons (Fsp3) is 0.940. The highest BCUT2D eigenvalue weighted by Gasteiger charge is 2.30. The SMILES string of the molecule is CCCCCCCCCCCCCCCCCCCC(=O)O[C@H](COC(=O)CCCCCCCCCCC(C)CC)COP(=O)(O)OC[C@@H](O)COP(=O)(O)OC[C@@H](COC(=O)CCCCCCC)OC(=O)CCCCCCCCCCC(C)CC. The third-order valence-electron chi connectivity index (χ3n) is 16.2. The maximum absolute atomic E-state index is 13.0. The Balaban J connectivity index is 5.17. The highest BCUT2D eigenvalue weighted by Crippen LogP contribution is 2.45. The summed E-state index contributed by atoms with van der Waals surface area (Å²) < 4.78 is 68.0. The lowest BCUT2D eigenvalue weighted by Crippen LogP contribution is -2.30. The Hall–Kier alpha value is -1.94. The van der Waals surface area contributed by atoms with Crippen molar-refractivity contribution in [3.05, 3.63) is 0 Å². The number of carbonyl (C=O) groups excluding carboxylic acids is 4. The number of hydrogen-bond donors (Lipinski definition) is 3. The number of carbonyl (C=O) groups is 4. The van der Waals surface area contributed by atoms with Crippen molar-refractivity contribution >= 4 is 39.5 Å². The van der Waals surface area contributed by atoms with E-state index < -0.39 is 97.5 Å². The van der Waals surface area contributed by atoms with Gasteiger partial charge >= 0.3 is 39.5 Å². The van der Waals surface area contributed by atoms with Gasteiger partial charge in [0.15, 0.2) is 12.2 Å². The van der Waals surface area contributed by atoms with E-state index in [-0.39, 0.29) is 25.7 Å². The fourth-order valence-electron chi connectivity index (χ4n) is 10.00. The van der Waals surface area contributed by atoms with Gasteiger partial charge in [0.1, 0.15) is 19.3 Å². The molecule has 0 saturated carbocycles. The lowest BCUT2D eigenvalue weighted by Gasteiger charge is -2.21. The molecule has 0 heterocycles. The van der Waals surface area contributed by atoms with Gasteiger partial charge in [-0.15, -0.1) is 0 Å². The first-order valence-corrected chi connectivity index (χ1v) is 38.1. The molecule has 0 amide bonds. The van der Waals surface area contributed by atoms with Gasteiger partial charge < -0.3 is 33.8 Å². The molecule has 0 aliphatic carbocycles. The summed E-state index contributed by atoms with van der Waals surface area (Å²) in [6.07, 6.45) is 43.3. The monoisotopic (exact) mass is 1270 g/mol. The van der Waals surface area contributed by atoms with Crippen LogP contribution in [0.25, 0.3) is 0 Å². The number of esters is 4. The van der Waals surface area contributed by atoms with Crippen LogP contribution in [-0.4, -0.2) is 96.7 Å². The summed E-state index contributed by atoms with van der Waals surface area (Å²) in [5.41, 5.74) is 0. The molecule has 0 aliphatic heterocycles. The first-order chi connectivity index (χ1) is 41.4. The molecule has 0 aromatic carbocycles. The van der Waals surface area contributed by atoms with Crippen LogP contribution in [0.15, 0.2) is 0 Å². The van der Waals surface area contributed by atoms with E-state index in [2.05, 4.69) is 41.5 Å². The number of phosphoric ester groups is 2. The normalized spacial score (nSPS) is 14.8. The molecule has 510 valence electrons. The van der Waals surface area contributed by atoms with Crippen LogP contribution < -0.4 is 0 Å². The van der Waals surface area contributed by atoms with E-state index in [0.717, 1.165) is 108 Å². The third kappa shape index (κ3) is 58.4. The van der Waals surface area contributed by atoms with E-state index in [1.54, 1.807) is 0 Å². The number of aliphatic hydroxyl groups excluding tert-OH is 1. The van der Waals surface area contributed by atoms with E-state index in [1.807, 2.05) is 0 Å². The molecule has 0 fully saturated rings. The maximum Gasteiger partial charge on any atom is 0.472 e. The zero-order valence-corrected chi connectivity index (χ0v) is 57.4. The van der Waals surface area contributed by atoms with Crippen LogP contribution in [0.4, 0.5) is 0 Å². The summed E-state index contributed by atoms with van der Waals surface area (Å²) in [7, 11) is -9.89. The van der Waals surface area contributed by atoms with Gasteiger partial charge in [0.2, 0.25) is 0 Å². The standard InChI is InChI=1S/C67H130O17P2/c1-7-11-13-15-16-17-18-19-20-21-22-23-24-25-33-39-45-51-66(71)84-63(56-78-65(70)50-44-38-32-28-26-30-36-41-47-59(5)9-3)58-82-86(75,76)80-54-61(68)53-79-85(73,74)81-57-62(55-77-64(69)49-43-35-14-12-8-2)83-67(72)52-46-40-34-29-27-31-37-42-48-60(6)10-4/h59-63,68H,7-58H2,1-6H3,(H,73,74)(H,75,76)/t59?,60?,61-,62+,63+/m0/s1. The zero-order valence-electron chi connectivity index (χ0n) is 55.6. The minimum Gasteiger partial charge on any atom is -0.462 e. The van der Waals surface area contributed by atoms with Crippen LogP contribution >= 0.6 is 15.6 Å². The molecule has 0 aromatic rings. The van der Waals surface area contributed by atoms with Gasteiger partial charge in [-0.2, -0.15) is 0 Å². The van der Waals surface area contributed by atoms with Crippen molar-refractivity contribution < 1.29 is 80.2 Å². The van der Waals surface area contributed by atoms with E-state index in [0.29, 0.717) is 25.7 Å². The molecule has 3 N–H and O–H groups in total. The Kier molecular flexibility index (Phi) is 58.0. The van der Waals surface area contributed by atoms with Gasteiger partial charge in [0.05, 0.1) is 26.4 Å². The van der Waals surface area contributed by atoms with Crippen molar-refractivity contribution in [3.63, 3.8) is 0 Å². The molecule has 17 nitrogen and oxygen atoms in total. The second-order valence-corrected chi connectivity index (χ2v) is 27.6. The van der Waals surface area contributed by atoms with Gasteiger partial charge in [-0.05, 0) is 37.5 Å². The molecule has 86 heavy (non-hydrogen) atoms. The first kappa shape index (κ1) is 84.1. The molecule has 0 spiro atoms. The number of aliphatic hydroxyl groups is 1.